The second-order valence-corrected chi connectivity index (χ2v) is 6.69. The van der Waals surface area contributed by atoms with E-state index in [0.29, 0.717) is 27.2 Å². The minimum atomic E-state index is -0.363. The number of nitrogens with two attached hydrogens (primary N) is 1. The molecular formula is C19H14Cl2N2O2. The topological polar surface area (TPSA) is 59.5 Å². The number of rotatable bonds is 3. The van der Waals surface area contributed by atoms with Crippen molar-refractivity contribution in [1.82, 2.24) is 0 Å². The summed E-state index contributed by atoms with van der Waals surface area (Å²) in [5, 5.41) is 1.43. The molecule has 1 aliphatic heterocycles. The van der Waals surface area contributed by atoms with Crippen LogP contribution in [0.2, 0.25) is 10.0 Å². The highest BCUT2D eigenvalue weighted by Gasteiger charge is 2.22. The smallest absolute Gasteiger partial charge is 0.231 e. The van der Waals surface area contributed by atoms with Crippen LogP contribution in [0.25, 0.3) is 11.0 Å². The number of furan rings is 1. The van der Waals surface area contributed by atoms with Gasteiger partial charge in [-0.1, -0.05) is 29.3 Å². The molecule has 0 atom stereocenters. The Labute approximate surface area is 154 Å². The fraction of sp³-hybridized carbons (Fsp3) is 0.105. The van der Waals surface area contributed by atoms with Crippen LogP contribution in [-0.4, -0.2) is 12.3 Å². The zero-order valence-corrected chi connectivity index (χ0v) is 14.6. The number of carbonyl (C=O) groups excluding carboxylic acids is 1. The van der Waals surface area contributed by atoms with E-state index >= 15 is 0 Å². The van der Waals surface area contributed by atoms with Gasteiger partial charge in [0.05, 0.1) is 10.7 Å². The zero-order chi connectivity index (χ0) is 17.6. The third-order valence-electron chi connectivity index (χ3n) is 4.25. The number of hydrogen-bond acceptors (Lipinski definition) is 4. The lowest BCUT2D eigenvalue weighted by atomic mass is 10.1. The molecule has 3 aromatic rings. The average Bonchev–Trinajstić information content (AvgIpc) is 3.22. The Balaban J connectivity index is 1.78. The Morgan fingerprint density at radius 2 is 2.00 bits per heavy atom. The minimum Gasteiger partial charge on any atom is -0.450 e. The van der Waals surface area contributed by atoms with Gasteiger partial charge in [-0.3, -0.25) is 4.79 Å². The molecule has 0 saturated heterocycles. The van der Waals surface area contributed by atoms with Crippen LogP contribution in [0, 0.1) is 0 Å². The predicted octanol–water partition coefficient (Wildman–Crippen LogP) is 5.28. The van der Waals surface area contributed by atoms with Gasteiger partial charge in [0.15, 0.2) is 5.76 Å². The lowest BCUT2D eigenvalue weighted by Gasteiger charge is -2.14. The van der Waals surface area contributed by atoms with Crippen LogP contribution in [0.3, 0.4) is 0 Å². The van der Waals surface area contributed by atoms with Gasteiger partial charge in [0.1, 0.15) is 5.58 Å². The van der Waals surface area contributed by atoms with Crippen LogP contribution in [-0.2, 0) is 0 Å². The summed E-state index contributed by atoms with van der Waals surface area (Å²) < 4.78 is 5.78. The fourth-order valence-electron chi connectivity index (χ4n) is 2.95. The number of fused-ring (bicyclic) bond motifs is 1. The van der Waals surface area contributed by atoms with Crippen LogP contribution in [0.15, 0.2) is 53.1 Å². The van der Waals surface area contributed by atoms with Crippen molar-refractivity contribution < 1.29 is 9.21 Å². The van der Waals surface area contributed by atoms with Crippen molar-refractivity contribution in [3.63, 3.8) is 0 Å². The van der Waals surface area contributed by atoms with Gasteiger partial charge in [-0.15, -0.1) is 0 Å². The van der Waals surface area contributed by atoms with Gasteiger partial charge in [-0.2, -0.15) is 0 Å². The first-order valence-corrected chi connectivity index (χ1v) is 8.55. The van der Waals surface area contributed by atoms with Gasteiger partial charge in [0.25, 0.3) is 0 Å². The van der Waals surface area contributed by atoms with Gasteiger partial charge in [-0.05, 0) is 36.8 Å². The first-order valence-electron chi connectivity index (χ1n) is 7.79. The van der Waals surface area contributed by atoms with E-state index in [-0.39, 0.29) is 16.6 Å². The van der Waals surface area contributed by atoms with E-state index < -0.39 is 0 Å². The summed E-state index contributed by atoms with van der Waals surface area (Å²) in [6.45, 7) is 0.924. The normalized spacial score (nSPS) is 13.8. The van der Waals surface area contributed by atoms with Crippen molar-refractivity contribution in [3.8, 4) is 0 Å². The Hall–Kier alpha value is -2.43. The molecule has 0 bridgehead atoms. The van der Waals surface area contributed by atoms with E-state index in [2.05, 4.69) is 11.0 Å². The van der Waals surface area contributed by atoms with Crippen molar-refractivity contribution in [2.24, 2.45) is 0 Å². The molecule has 0 fully saturated rings. The second kappa shape index (κ2) is 6.14. The van der Waals surface area contributed by atoms with E-state index in [1.807, 2.05) is 24.4 Å². The molecule has 1 aliphatic rings. The molecule has 1 aromatic heterocycles. The fourth-order valence-corrected chi connectivity index (χ4v) is 3.45. The summed E-state index contributed by atoms with van der Waals surface area (Å²) in [6.07, 6.45) is 5.16. The van der Waals surface area contributed by atoms with Crippen LogP contribution in [0.4, 0.5) is 11.4 Å². The third-order valence-corrected chi connectivity index (χ3v) is 4.80. The summed E-state index contributed by atoms with van der Waals surface area (Å²) in [7, 11) is 0. The lowest BCUT2D eigenvalue weighted by molar-refractivity contribution is 0.101. The summed E-state index contributed by atoms with van der Waals surface area (Å²) >= 11 is 12.0. The van der Waals surface area contributed by atoms with Gasteiger partial charge in [0, 0.05) is 40.5 Å². The van der Waals surface area contributed by atoms with Crippen LogP contribution < -0.4 is 10.6 Å². The van der Waals surface area contributed by atoms with Gasteiger partial charge in [-0.25, -0.2) is 0 Å². The zero-order valence-electron chi connectivity index (χ0n) is 13.1. The molecule has 0 unspecified atom stereocenters. The monoisotopic (exact) mass is 372 g/mol. The van der Waals surface area contributed by atoms with E-state index in [1.165, 1.54) is 6.07 Å². The predicted molar refractivity (Wildman–Crippen MR) is 102 cm³/mol. The lowest BCUT2D eigenvalue weighted by Crippen LogP contribution is -2.11. The maximum atomic E-state index is 12.8. The number of carbonyl (C=O) groups is 1. The van der Waals surface area contributed by atoms with Gasteiger partial charge < -0.3 is 15.1 Å². The summed E-state index contributed by atoms with van der Waals surface area (Å²) in [6, 6.07) is 10.4. The van der Waals surface area contributed by atoms with E-state index in [4.69, 9.17) is 33.4 Å². The highest BCUT2D eigenvalue weighted by molar-refractivity contribution is 6.37. The largest absolute Gasteiger partial charge is 0.450 e. The number of nitrogen functional groups attached to an aromatic ring is 1. The molecule has 0 amide bonds. The summed E-state index contributed by atoms with van der Waals surface area (Å²) in [4.78, 5) is 14.9. The molecule has 2 N–H and O–H groups in total. The Bertz CT molecular complexity index is 1020. The van der Waals surface area contributed by atoms with E-state index in [1.54, 1.807) is 12.1 Å². The van der Waals surface area contributed by atoms with Gasteiger partial charge in [0.2, 0.25) is 5.78 Å². The van der Waals surface area contributed by atoms with Crippen LogP contribution >= 0.6 is 23.2 Å². The third kappa shape index (κ3) is 2.77. The quantitative estimate of drug-likeness (QED) is 0.635. The van der Waals surface area contributed by atoms with Crippen molar-refractivity contribution >= 4 is 51.3 Å². The van der Waals surface area contributed by atoms with Crippen molar-refractivity contribution in [1.29, 1.82) is 0 Å². The SMILES string of the molecule is Nc1c(C(=O)c2ccc(Cl)cc2Cl)oc2cc(N3C=CCC3)ccc12. The first-order chi connectivity index (χ1) is 12.0. The number of benzene rings is 2. The number of anilines is 2. The molecule has 2 aromatic carbocycles. The van der Waals surface area contributed by atoms with Crippen molar-refractivity contribution in [2.45, 2.75) is 6.42 Å². The molecule has 25 heavy (non-hydrogen) atoms. The number of nitrogens with zero attached hydrogens (tertiary/aromatic N) is 1. The Morgan fingerprint density at radius 1 is 1.16 bits per heavy atom. The molecule has 6 heteroatoms. The number of halogens is 2. The van der Waals surface area contributed by atoms with E-state index in [9.17, 15) is 4.79 Å². The molecule has 2 heterocycles. The van der Waals surface area contributed by atoms with Crippen molar-refractivity contribution in [3.05, 3.63) is 70.0 Å². The molecule has 0 aliphatic carbocycles. The highest BCUT2D eigenvalue weighted by Crippen LogP contribution is 2.34. The van der Waals surface area contributed by atoms with Crippen LogP contribution in [0.5, 0.6) is 0 Å². The Morgan fingerprint density at radius 3 is 2.72 bits per heavy atom. The maximum absolute atomic E-state index is 12.8. The molecule has 0 radical (unpaired) electrons. The first kappa shape index (κ1) is 16.1. The maximum Gasteiger partial charge on any atom is 0.231 e. The second-order valence-electron chi connectivity index (χ2n) is 5.85. The number of hydrogen-bond donors (Lipinski definition) is 1. The minimum absolute atomic E-state index is 0.0911. The molecule has 126 valence electrons. The summed E-state index contributed by atoms with van der Waals surface area (Å²) in [5.74, 6) is -0.272. The molecule has 0 saturated carbocycles. The van der Waals surface area contributed by atoms with Gasteiger partial charge >= 0.3 is 0 Å². The summed E-state index contributed by atoms with van der Waals surface area (Å²) in [5.41, 5.74) is 8.34. The molecular weight excluding hydrogens is 359 g/mol. The van der Waals surface area contributed by atoms with Crippen molar-refractivity contribution in [2.75, 3.05) is 17.2 Å². The van der Waals surface area contributed by atoms with E-state index in [0.717, 1.165) is 18.7 Å². The average molecular weight is 373 g/mol. The van der Waals surface area contributed by atoms with Crippen LogP contribution in [0.1, 0.15) is 22.5 Å². The molecule has 4 rings (SSSR count). The number of ketones is 1. The highest BCUT2D eigenvalue weighted by atomic mass is 35.5. The molecule has 0 spiro atoms. The molecule has 4 nitrogen and oxygen atoms in total. The standard InChI is InChI=1S/C19H14Cl2N2O2/c20-11-3-5-13(15(21)9-11)18(24)19-17(22)14-6-4-12(10-16(14)25-19)23-7-1-2-8-23/h1,3-7,9-10H,2,8,22H2. The Kier molecular flexibility index (Phi) is 3.94.